The maximum absolute atomic E-state index is 11.1. The number of aliphatic carboxylic acids is 1. The van der Waals surface area contributed by atoms with E-state index in [1.807, 2.05) is 37.4 Å². The van der Waals surface area contributed by atoms with Crippen LogP contribution in [0.1, 0.15) is 45.2 Å². The summed E-state index contributed by atoms with van der Waals surface area (Å²) in [6, 6.07) is 10.2. The summed E-state index contributed by atoms with van der Waals surface area (Å²) in [5.74, 6) is -0.142. The van der Waals surface area contributed by atoms with Gasteiger partial charge < -0.3 is 5.11 Å². The van der Waals surface area contributed by atoms with Crippen molar-refractivity contribution in [2.45, 2.75) is 45.7 Å². The van der Waals surface area contributed by atoms with Gasteiger partial charge in [-0.25, -0.2) is 0 Å². The standard InChI is InChI=1S/C16H25NO2/c1-12(2)10-13(3)17(4)15(11-16(18)19)14-8-6-5-7-9-14/h5-9,12-13,15H,10-11H2,1-4H3,(H,18,19). The quantitative estimate of drug-likeness (QED) is 0.817. The van der Waals surface area contributed by atoms with Gasteiger partial charge in [-0.1, -0.05) is 44.2 Å². The number of carbonyl (C=O) groups is 1. The first kappa shape index (κ1) is 15.7. The average Bonchev–Trinajstić information content (AvgIpc) is 2.35. The molecule has 0 aliphatic rings. The first-order chi connectivity index (χ1) is 8.91. The Balaban J connectivity index is 2.88. The second-order valence-corrected chi connectivity index (χ2v) is 5.67. The molecular weight excluding hydrogens is 238 g/mol. The van der Waals surface area contributed by atoms with E-state index in [4.69, 9.17) is 5.11 Å². The number of hydrogen-bond acceptors (Lipinski definition) is 2. The Morgan fingerprint density at radius 1 is 1.21 bits per heavy atom. The maximum atomic E-state index is 11.1. The van der Waals surface area contributed by atoms with Gasteiger partial charge in [0, 0.05) is 12.1 Å². The fraction of sp³-hybridized carbons (Fsp3) is 0.562. The molecule has 106 valence electrons. The van der Waals surface area contributed by atoms with Crippen LogP contribution in [0.25, 0.3) is 0 Å². The van der Waals surface area contributed by atoms with Crippen LogP contribution in [-0.4, -0.2) is 29.1 Å². The third kappa shape index (κ3) is 5.03. The zero-order chi connectivity index (χ0) is 14.4. The summed E-state index contributed by atoms with van der Waals surface area (Å²) in [6.07, 6.45) is 1.21. The van der Waals surface area contributed by atoms with E-state index in [9.17, 15) is 4.79 Å². The van der Waals surface area contributed by atoms with Crippen molar-refractivity contribution in [1.29, 1.82) is 0 Å². The number of carboxylic acid groups (broad SMARTS) is 1. The van der Waals surface area contributed by atoms with Crippen molar-refractivity contribution in [3.8, 4) is 0 Å². The summed E-state index contributed by atoms with van der Waals surface area (Å²) in [7, 11) is 2.02. The van der Waals surface area contributed by atoms with Gasteiger partial charge in [-0.15, -0.1) is 0 Å². The monoisotopic (exact) mass is 263 g/mol. The first-order valence-corrected chi connectivity index (χ1v) is 6.90. The lowest BCUT2D eigenvalue weighted by atomic mass is 9.98. The van der Waals surface area contributed by atoms with Crippen LogP contribution in [-0.2, 0) is 4.79 Å². The molecule has 0 aliphatic heterocycles. The molecule has 0 fully saturated rings. The molecule has 2 atom stereocenters. The fourth-order valence-corrected chi connectivity index (χ4v) is 2.49. The molecule has 1 aromatic carbocycles. The molecule has 0 saturated carbocycles. The molecule has 0 saturated heterocycles. The lowest BCUT2D eigenvalue weighted by Gasteiger charge is -2.33. The van der Waals surface area contributed by atoms with Crippen molar-refractivity contribution in [3.05, 3.63) is 35.9 Å². The Bertz CT molecular complexity index is 389. The predicted molar refractivity (Wildman–Crippen MR) is 78.1 cm³/mol. The fourth-order valence-electron chi connectivity index (χ4n) is 2.49. The van der Waals surface area contributed by atoms with E-state index < -0.39 is 5.97 Å². The van der Waals surface area contributed by atoms with Gasteiger partial charge in [-0.05, 0) is 31.9 Å². The van der Waals surface area contributed by atoms with Crippen LogP contribution in [0.3, 0.4) is 0 Å². The molecule has 0 bridgehead atoms. The molecule has 0 amide bonds. The largest absolute Gasteiger partial charge is 0.481 e. The lowest BCUT2D eigenvalue weighted by Crippen LogP contribution is -2.35. The first-order valence-electron chi connectivity index (χ1n) is 6.90. The van der Waals surface area contributed by atoms with Gasteiger partial charge in [-0.2, -0.15) is 0 Å². The molecule has 0 aromatic heterocycles. The molecule has 19 heavy (non-hydrogen) atoms. The second kappa shape index (κ2) is 7.29. The summed E-state index contributed by atoms with van der Waals surface area (Å²) in [4.78, 5) is 13.3. The number of nitrogens with zero attached hydrogens (tertiary/aromatic N) is 1. The van der Waals surface area contributed by atoms with Gasteiger partial charge in [-0.3, -0.25) is 9.69 Å². The lowest BCUT2D eigenvalue weighted by molar-refractivity contribution is -0.138. The van der Waals surface area contributed by atoms with E-state index in [-0.39, 0.29) is 12.5 Å². The summed E-state index contributed by atoms with van der Waals surface area (Å²) >= 11 is 0. The molecule has 3 heteroatoms. The van der Waals surface area contributed by atoms with Gasteiger partial charge in [0.1, 0.15) is 0 Å². The molecule has 3 nitrogen and oxygen atoms in total. The van der Waals surface area contributed by atoms with Crippen LogP contribution >= 0.6 is 0 Å². The minimum Gasteiger partial charge on any atom is -0.481 e. The van der Waals surface area contributed by atoms with E-state index in [2.05, 4.69) is 25.7 Å². The number of carboxylic acids is 1. The molecule has 0 radical (unpaired) electrons. The van der Waals surface area contributed by atoms with Crippen LogP contribution in [0.4, 0.5) is 0 Å². The van der Waals surface area contributed by atoms with Crippen molar-refractivity contribution in [3.63, 3.8) is 0 Å². The SMILES string of the molecule is CC(C)CC(C)N(C)C(CC(=O)O)c1ccccc1. The summed E-state index contributed by atoms with van der Waals surface area (Å²) in [6.45, 7) is 6.55. The maximum Gasteiger partial charge on any atom is 0.305 e. The predicted octanol–water partition coefficient (Wildman–Crippen LogP) is 3.57. The Morgan fingerprint density at radius 3 is 2.26 bits per heavy atom. The molecule has 1 aromatic rings. The Morgan fingerprint density at radius 2 is 1.79 bits per heavy atom. The summed E-state index contributed by atoms with van der Waals surface area (Å²) in [5.41, 5.74) is 1.07. The molecule has 2 unspecified atom stereocenters. The normalized spacial score (nSPS) is 14.6. The van der Waals surface area contributed by atoms with E-state index in [1.54, 1.807) is 0 Å². The Labute approximate surface area is 116 Å². The van der Waals surface area contributed by atoms with E-state index >= 15 is 0 Å². The van der Waals surface area contributed by atoms with E-state index in [0.717, 1.165) is 12.0 Å². The topological polar surface area (TPSA) is 40.5 Å². The summed E-state index contributed by atoms with van der Waals surface area (Å²) < 4.78 is 0. The van der Waals surface area contributed by atoms with Crippen LogP contribution in [0, 0.1) is 5.92 Å². The number of benzene rings is 1. The number of hydrogen-bond donors (Lipinski definition) is 1. The highest BCUT2D eigenvalue weighted by Crippen LogP contribution is 2.26. The molecular formula is C16H25NO2. The molecule has 0 aliphatic carbocycles. The Hall–Kier alpha value is -1.35. The van der Waals surface area contributed by atoms with Crippen molar-refractivity contribution in [2.75, 3.05) is 7.05 Å². The van der Waals surface area contributed by atoms with Crippen molar-refractivity contribution in [2.24, 2.45) is 5.92 Å². The van der Waals surface area contributed by atoms with Gasteiger partial charge in [0.2, 0.25) is 0 Å². The van der Waals surface area contributed by atoms with Crippen molar-refractivity contribution in [1.82, 2.24) is 4.90 Å². The van der Waals surface area contributed by atoms with Crippen LogP contribution in [0.2, 0.25) is 0 Å². The van der Waals surface area contributed by atoms with Gasteiger partial charge in [0.15, 0.2) is 0 Å². The molecule has 1 rings (SSSR count). The summed E-state index contributed by atoms with van der Waals surface area (Å²) in [5, 5.41) is 9.13. The molecule has 1 N–H and O–H groups in total. The highest BCUT2D eigenvalue weighted by Gasteiger charge is 2.24. The average molecular weight is 263 g/mol. The zero-order valence-electron chi connectivity index (χ0n) is 12.3. The third-order valence-corrected chi connectivity index (χ3v) is 3.55. The van der Waals surface area contributed by atoms with Gasteiger partial charge in [0.05, 0.1) is 6.42 Å². The van der Waals surface area contributed by atoms with Crippen LogP contribution in [0.5, 0.6) is 0 Å². The highest BCUT2D eigenvalue weighted by atomic mass is 16.4. The smallest absolute Gasteiger partial charge is 0.305 e. The van der Waals surface area contributed by atoms with E-state index in [0.29, 0.717) is 12.0 Å². The molecule has 0 spiro atoms. The van der Waals surface area contributed by atoms with Crippen LogP contribution < -0.4 is 0 Å². The Kier molecular flexibility index (Phi) is 6.03. The minimum absolute atomic E-state index is 0.0625. The van der Waals surface area contributed by atoms with Gasteiger partial charge >= 0.3 is 5.97 Å². The van der Waals surface area contributed by atoms with Crippen molar-refractivity contribution >= 4 is 5.97 Å². The van der Waals surface area contributed by atoms with Crippen molar-refractivity contribution < 1.29 is 9.90 Å². The minimum atomic E-state index is -0.752. The highest BCUT2D eigenvalue weighted by molar-refractivity contribution is 5.67. The van der Waals surface area contributed by atoms with Crippen LogP contribution in [0.15, 0.2) is 30.3 Å². The third-order valence-electron chi connectivity index (χ3n) is 3.55. The molecule has 0 heterocycles. The van der Waals surface area contributed by atoms with Gasteiger partial charge in [0.25, 0.3) is 0 Å². The number of rotatable bonds is 7. The van der Waals surface area contributed by atoms with E-state index in [1.165, 1.54) is 0 Å². The zero-order valence-corrected chi connectivity index (χ0v) is 12.3. The second-order valence-electron chi connectivity index (χ2n) is 5.67.